The van der Waals surface area contributed by atoms with Crippen molar-refractivity contribution in [1.29, 1.82) is 0 Å². The van der Waals surface area contributed by atoms with Crippen LogP contribution in [-0.2, 0) is 6.54 Å². The summed E-state index contributed by atoms with van der Waals surface area (Å²) in [4.78, 5) is 19.4. The third-order valence-corrected chi connectivity index (χ3v) is 3.60. The van der Waals surface area contributed by atoms with E-state index in [1.807, 2.05) is 49.1 Å². The molecule has 2 N–H and O–H groups in total. The summed E-state index contributed by atoms with van der Waals surface area (Å²) in [5.41, 5.74) is 1.77. The van der Waals surface area contributed by atoms with Gasteiger partial charge in [-0.3, -0.25) is 9.48 Å². The van der Waals surface area contributed by atoms with E-state index in [9.17, 15) is 4.79 Å². The van der Waals surface area contributed by atoms with Crippen LogP contribution in [0.3, 0.4) is 0 Å². The minimum Gasteiger partial charge on any atom is -0.309 e. The van der Waals surface area contributed by atoms with Crippen molar-refractivity contribution in [1.82, 2.24) is 25.1 Å². The Bertz CT molecular complexity index is 836. The summed E-state index contributed by atoms with van der Waals surface area (Å²) >= 11 is 0. The minimum absolute atomic E-state index is 0.0334. The van der Waals surface area contributed by atoms with E-state index >= 15 is 0 Å². The molecule has 0 saturated carbocycles. The summed E-state index contributed by atoms with van der Waals surface area (Å²) in [5, 5.41) is 8.21. The minimum atomic E-state index is -0.100. The van der Waals surface area contributed by atoms with E-state index in [0.29, 0.717) is 11.2 Å². The Kier molecular flexibility index (Phi) is 4.02. The summed E-state index contributed by atoms with van der Waals surface area (Å²) in [6.07, 6.45) is 3.84. The van der Waals surface area contributed by atoms with Crippen molar-refractivity contribution in [2.45, 2.75) is 26.4 Å². The average Bonchev–Trinajstić information content (AvgIpc) is 2.92. The van der Waals surface area contributed by atoms with Gasteiger partial charge in [-0.15, -0.1) is 0 Å². The van der Waals surface area contributed by atoms with Crippen LogP contribution in [-0.4, -0.2) is 26.3 Å². The quantitative estimate of drug-likeness (QED) is 0.752. The number of aryl methyl sites for hydroxylation is 1. The number of aromatic amines is 1. The number of nitrogens with zero attached hydrogens (tertiary/aromatic N) is 3. The predicted molar refractivity (Wildman–Crippen MR) is 85.7 cm³/mol. The molecule has 3 aromatic rings. The Hall–Kier alpha value is -2.47. The average molecular weight is 297 g/mol. The zero-order valence-electron chi connectivity index (χ0n) is 12.7. The number of H-pyrrole nitrogens is 1. The van der Waals surface area contributed by atoms with Gasteiger partial charge < -0.3 is 10.3 Å². The molecule has 6 nitrogen and oxygen atoms in total. The first-order valence-electron chi connectivity index (χ1n) is 7.35. The molecule has 114 valence electrons. The Morgan fingerprint density at radius 1 is 1.36 bits per heavy atom. The third kappa shape index (κ3) is 3.07. The van der Waals surface area contributed by atoms with Crippen LogP contribution in [0.2, 0.25) is 0 Å². The molecule has 6 heteroatoms. The number of rotatable bonds is 5. The van der Waals surface area contributed by atoms with Crippen LogP contribution in [0.5, 0.6) is 0 Å². The lowest BCUT2D eigenvalue weighted by molar-refractivity contribution is 0.493. The lowest BCUT2D eigenvalue weighted by Gasteiger charge is -2.13. The number of hydrogen-bond acceptors (Lipinski definition) is 4. The molecule has 1 aromatic carbocycles. The van der Waals surface area contributed by atoms with Gasteiger partial charge in [0, 0.05) is 12.7 Å². The number of aromatic nitrogens is 4. The summed E-state index contributed by atoms with van der Waals surface area (Å²) in [6, 6.07) is 7.33. The van der Waals surface area contributed by atoms with Gasteiger partial charge in [0.15, 0.2) is 0 Å². The highest BCUT2D eigenvalue weighted by molar-refractivity contribution is 5.77. The number of para-hydroxylation sites is 1. The molecule has 2 heterocycles. The van der Waals surface area contributed by atoms with Crippen molar-refractivity contribution < 1.29 is 0 Å². The van der Waals surface area contributed by atoms with Gasteiger partial charge in [-0.1, -0.05) is 12.1 Å². The maximum absolute atomic E-state index is 12.1. The molecular weight excluding hydrogens is 278 g/mol. The fraction of sp³-hybridized carbons (Fsp3) is 0.312. The second-order valence-corrected chi connectivity index (χ2v) is 5.42. The van der Waals surface area contributed by atoms with Gasteiger partial charge in [-0.2, -0.15) is 5.10 Å². The summed E-state index contributed by atoms with van der Waals surface area (Å²) in [6.45, 7) is 5.53. The SMILES string of the molecule is Cc1cnn(CCN[C@H](C)c2nc3ccccc3c(=O)[nH]2)c1. The molecule has 0 unspecified atom stereocenters. The van der Waals surface area contributed by atoms with Gasteiger partial charge in [0.2, 0.25) is 0 Å². The van der Waals surface area contributed by atoms with Crippen LogP contribution in [0.1, 0.15) is 24.4 Å². The highest BCUT2D eigenvalue weighted by Crippen LogP contribution is 2.10. The van der Waals surface area contributed by atoms with Crippen LogP contribution >= 0.6 is 0 Å². The van der Waals surface area contributed by atoms with Crippen molar-refractivity contribution in [3.05, 3.63) is 58.4 Å². The van der Waals surface area contributed by atoms with Gasteiger partial charge in [0.05, 0.1) is 29.7 Å². The smallest absolute Gasteiger partial charge is 0.258 e. The van der Waals surface area contributed by atoms with Gasteiger partial charge in [-0.05, 0) is 31.5 Å². The molecular formula is C16H19N5O. The lowest BCUT2D eigenvalue weighted by Crippen LogP contribution is -2.26. The highest BCUT2D eigenvalue weighted by atomic mass is 16.1. The van der Waals surface area contributed by atoms with E-state index in [4.69, 9.17) is 0 Å². The molecule has 3 rings (SSSR count). The van der Waals surface area contributed by atoms with Crippen LogP contribution in [0, 0.1) is 6.92 Å². The second-order valence-electron chi connectivity index (χ2n) is 5.42. The van der Waals surface area contributed by atoms with E-state index in [1.54, 1.807) is 6.07 Å². The zero-order valence-corrected chi connectivity index (χ0v) is 12.7. The molecule has 0 aliphatic rings. The fourth-order valence-electron chi connectivity index (χ4n) is 2.39. The van der Waals surface area contributed by atoms with Gasteiger partial charge in [-0.25, -0.2) is 4.98 Å². The fourth-order valence-corrected chi connectivity index (χ4v) is 2.39. The van der Waals surface area contributed by atoms with E-state index in [0.717, 1.165) is 24.2 Å². The number of fused-ring (bicyclic) bond motifs is 1. The van der Waals surface area contributed by atoms with Gasteiger partial charge >= 0.3 is 0 Å². The standard InChI is InChI=1S/C16H19N5O/c1-11-9-18-21(10-11)8-7-17-12(2)15-19-14-6-4-3-5-13(14)16(22)20-15/h3-6,9-10,12,17H,7-8H2,1-2H3,(H,19,20,22)/t12-/m1/s1. The Morgan fingerprint density at radius 3 is 2.95 bits per heavy atom. The second kappa shape index (κ2) is 6.11. The van der Waals surface area contributed by atoms with E-state index in [2.05, 4.69) is 20.4 Å². The summed E-state index contributed by atoms with van der Waals surface area (Å²) in [5.74, 6) is 0.653. The summed E-state index contributed by atoms with van der Waals surface area (Å²) < 4.78 is 1.89. The molecule has 0 aliphatic heterocycles. The molecule has 0 saturated heterocycles. The molecule has 22 heavy (non-hydrogen) atoms. The lowest BCUT2D eigenvalue weighted by atomic mass is 10.2. The Balaban J connectivity index is 1.69. The first-order chi connectivity index (χ1) is 10.6. The van der Waals surface area contributed by atoms with Crippen molar-refractivity contribution in [2.24, 2.45) is 0 Å². The maximum Gasteiger partial charge on any atom is 0.258 e. The van der Waals surface area contributed by atoms with E-state index in [1.165, 1.54) is 0 Å². The van der Waals surface area contributed by atoms with Gasteiger partial charge in [0.1, 0.15) is 5.82 Å². The molecule has 0 aliphatic carbocycles. The first kappa shape index (κ1) is 14.5. The van der Waals surface area contributed by atoms with Crippen molar-refractivity contribution in [3.8, 4) is 0 Å². The largest absolute Gasteiger partial charge is 0.309 e. The molecule has 0 bridgehead atoms. The monoisotopic (exact) mass is 297 g/mol. The van der Waals surface area contributed by atoms with Crippen LogP contribution in [0.25, 0.3) is 10.9 Å². The predicted octanol–water partition coefficient (Wildman–Crippen LogP) is 1.78. The molecule has 0 amide bonds. The van der Waals surface area contributed by atoms with E-state index < -0.39 is 0 Å². The highest BCUT2D eigenvalue weighted by Gasteiger charge is 2.10. The normalized spacial score (nSPS) is 12.6. The van der Waals surface area contributed by atoms with Crippen molar-refractivity contribution >= 4 is 10.9 Å². The molecule has 0 fully saturated rings. The van der Waals surface area contributed by atoms with Crippen LogP contribution < -0.4 is 10.9 Å². The number of nitrogens with one attached hydrogen (secondary N) is 2. The summed E-state index contributed by atoms with van der Waals surface area (Å²) in [7, 11) is 0. The number of hydrogen-bond donors (Lipinski definition) is 2. The topological polar surface area (TPSA) is 75.6 Å². The maximum atomic E-state index is 12.1. The van der Waals surface area contributed by atoms with Crippen LogP contribution in [0.15, 0.2) is 41.5 Å². The third-order valence-electron chi connectivity index (χ3n) is 3.60. The first-order valence-corrected chi connectivity index (χ1v) is 7.35. The van der Waals surface area contributed by atoms with Crippen molar-refractivity contribution in [3.63, 3.8) is 0 Å². The molecule has 0 spiro atoms. The van der Waals surface area contributed by atoms with Crippen LogP contribution in [0.4, 0.5) is 0 Å². The molecule has 2 aromatic heterocycles. The molecule has 1 atom stereocenters. The molecule has 0 radical (unpaired) electrons. The Morgan fingerprint density at radius 2 is 2.18 bits per heavy atom. The zero-order chi connectivity index (χ0) is 15.5. The van der Waals surface area contributed by atoms with Crippen molar-refractivity contribution in [2.75, 3.05) is 6.54 Å². The number of benzene rings is 1. The Labute approximate surface area is 128 Å². The van der Waals surface area contributed by atoms with E-state index in [-0.39, 0.29) is 11.6 Å². The van der Waals surface area contributed by atoms with Gasteiger partial charge in [0.25, 0.3) is 5.56 Å².